The van der Waals surface area contributed by atoms with Crippen LogP contribution in [0.25, 0.3) is 10.4 Å². The Labute approximate surface area is 169 Å². The number of benzene rings is 1. The smallest absolute Gasteiger partial charge is 0.191 e. The number of hydrogen-bond acceptors (Lipinski definition) is 4. The minimum atomic E-state index is -1.75. The van der Waals surface area contributed by atoms with Gasteiger partial charge >= 0.3 is 0 Å². The summed E-state index contributed by atoms with van der Waals surface area (Å²) in [5, 5.41) is 4.06. The maximum atomic E-state index is 8.84. The van der Waals surface area contributed by atoms with Gasteiger partial charge in [-0.2, -0.15) is 0 Å². The van der Waals surface area contributed by atoms with Gasteiger partial charge in [-0.1, -0.05) is 62.3 Å². The molecule has 0 fully saturated rings. The Bertz CT molecular complexity index is 682. The van der Waals surface area contributed by atoms with Gasteiger partial charge in [0, 0.05) is 11.5 Å². The van der Waals surface area contributed by atoms with Gasteiger partial charge < -0.3 is 13.9 Å². The van der Waals surface area contributed by atoms with E-state index in [2.05, 4.69) is 43.9 Å². The molecule has 1 heterocycles. The zero-order valence-corrected chi connectivity index (χ0v) is 18.7. The fourth-order valence-electron chi connectivity index (χ4n) is 2.71. The molecule has 0 saturated carbocycles. The first-order valence-corrected chi connectivity index (χ1v) is 12.8. The third-order valence-corrected chi connectivity index (χ3v) is 10.0. The van der Waals surface area contributed by atoms with Crippen LogP contribution in [-0.4, -0.2) is 33.4 Å². The molecule has 1 aliphatic rings. The van der Waals surface area contributed by atoms with Crippen LogP contribution in [0.3, 0.4) is 0 Å². The summed E-state index contributed by atoms with van der Waals surface area (Å²) in [6.07, 6.45) is 4.69. The third kappa shape index (κ3) is 6.76. The molecule has 2 rings (SSSR count). The van der Waals surface area contributed by atoms with Crippen molar-refractivity contribution in [2.75, 3.05) is 6.61 Å². The summed E-state index contributed by atoms with van der Waals surface area (Å²) in [6.45, 7) is 12.4. The highest BCUT2D eigenvalue weighted by atomic mass is 28.4. The van der Waals surface area contributed by atoms with Gasteiger partial charge in [0.2, 0.25) is 0 Å². The van der Waals surface area contributed by atoms with E-state index in [4.69, 9.17) is 19.4 Å². The van der Waals surface area contributed by atoms with E-state index in [0.717, 1.165) is 18.4 Å². The summed E-state index contributed by atoms with van der Waals surface area (Å²) in [5.74, 6) is 0. The van der Waals surface area contributed by atoms with Crippen molar-refractivity contribution in [2.45, 2.75) is 76.8 Å². The van der Waals surface area contributed by atoms with Crippen molar-refractivity contribution in [1.82, 2.24) is 0 Å². The van der Waals surface area contributed by atoms with Gasteiger partial charge in [-0.05, 0) is 48.1 Å². The molecule has 0 aromatic heterocycles. The van der Waals surface area contributed by atoms with Crippen molar-refractivity contribution < 1.29 is 13.9 Å². The zero-order chi connectivity index (χ0) is 20.6. The van der Waals surface area contributed by atoms with Gasteiger partial charge in [0.05, 0.1) is 18.8 Å². The fraction of sp³-hybridized carbons (Fsp3) is 0.619. The summed E-state index contributed by atoms with van der Waals surface area (Å²) in [5.41, 5.74) is 9.93. The van der Waals surface area contributed by atoms with E-state index in [1.54, 1.807) is 0 Å². The molecule has 0 radical (unpaired) electrons. The predicted octanol–water partition coefficient (Wildman–Crippen LogP) is 5.97. The molecule has 0 N–H and O–H groups in total. The summed E-state index contributed by atoms with van der Waals surface area (Å²) in [4.78, 5) is 2.96. The van der Waals surface area contributed by atoms with Gasteiger partial charge in [-0.3, -0.25) is 0 Å². The average Bonchev–Trinajstić information content (AvgIpc) is 2.65. The number of rotatable bonds is 9. The third-order valence-electron chi connectivity index (χ3n) is 5.50. The number of azide groups is 1. The first kappa shape index (κ1) is 22.7. The molecule has 0 amide bonds. The Morgan fingerprint density at radius 3 is 2.54 bits per heavy atom. The molecule has 7 heteroatoms. The standard InChI is InChI=1S/C21H33N3O3Si/c1-21(2,3)28(4,5)26-15-9-12-19-18(23-24-22)13-14-20(27-19)25-16-17-10-7-6-8-11-17/h6-8,10-11,13-14,18-20H,9,12,15-16H2,1-5H3/t18-,19+,20-/m0/s1. The first-order chi connectivity index (χ1) is 13.2. The lowest BCUT2D eigenvalue weighted by molar-refractivity contribution is -0.159. The lowest BCUT2D eigenvalue weighted by atomic mass is 10.0. The van der Waals surface area contributed by atoms with Gasteiger partial charge in [0.25, 0.3) is 0 Å². The molecule has 0 unspecified atom stereocenters. The number of hydrogen-bond donors (Lipinski definition) is 0. The van der Waals surface area contributed by atoms with E-state index >= 15 is 0 Å². The van der Waals surface area contributed by atoms with Gasteiger partial charge in [-0.25, -0.2) is 0 Å². The maximum absolute atomic E-state index is 8.84. The molecular formula is C21H33N3O3Si. The lowest BCUT2D eigenvalue weighted by Gasteiger charge is -2.36. The van der Waals surface area contributed by atoms with Gasteiger partial charge in [-0.15, -0.1) is 0 Å². The van der Waals surface area contributed by atoms with Crippen molar-refractivity contribution in [2.24, 2.45) is 5.11 Å². The van der Waals surface area contributed by atoms with E-state index in [1.165, 1.54) is 0 Å². The van der Waals surface area contributed by atoms with Crippen LogP contribution in [0.1, 0.15) is 39.2 Å². The largest absolute Gasteiger partial charge is 0.417 e. The predicted molar refractivity (Wildman–Crippen MR) is 114 cm³/mol. The minimum Gasteiger partial charge on any atom is -0.417 e. The van der Waals surface area contributed by atoms with Crippen molar-refractivity contribution >= 4 is 8.32 Å². The highest BCUT2D eigenvalue weighted by Crippen LogP contribution is 2.36. The topological polar surface area (TPSA) is 76.5 Å². The van der Waals surface area contributed by atoms with Crippen LogP contribution in [0, 0.1) is 0 Å². The molecule has 28 heavy (non-hydrogen) atoms. The molecular weight excluding hydrogens is 370 g/mol. The molecule has 1 aromatic carbocycles. The summed E-state index contributed by atoms with van der Waals surface area (Å²) in [6, 6.07) is 9.68. The summed E-state index contributed by atoms with van der Waals surface area (Å²) < 4.78 is 18.2. The highest BCUT2D eigenvalue weighted by molar-refractivity contribution is 6.74. The second-order valence-electron chi connectivity index (χ2n) is 8.67. The molecule has 0 spiro atoms. The van der Waals surface area contributed by atoms with E-state index in [9.17, 15) is 0 Å². The second kappa shape index (κ2) is 10.2. The second-order valence-corrected chi connectivity index (χ2v) is 13.5. The Morgan fingerprint density at radius 1 is 1.18 bits per heavy atom. The Hall–Kier alpha value is -1.63. The maximum Gasteiger partial charge on any atom is 0.191 e. The highest BCUT2D eigenvalue weighted by Gasteiger charge is 2.37. The molecule has 1 aromatic rings. The summed E-state index contributed by atoms with van der Waals surface area (Å²) in [7, 11) is -1.75. The van der Waals surface area contributed by atoms with Crippen LogP contribution in [-0.2, 0) is 20.5 Å². The average molecular weight is 404 g/mol. The number of nitrogens with zero attached hydrogens (tertiary/aromatic N) is 3. The van der Waals surface area contributed by atoms with Crippen LogP contribution in [0.15, 0.2) is 47.6 Å². The minimum absolute atomic E-state index is 0.196. The monoisotopic (exact) mass is 403 g/mol. The first-order valence-electron chi connectivity index (χ1n) is 9.90. The van der Waals surface area contributed by atoms with Crippen molar-refractivity contribution in [3.63, 3.8) is 0 Å². The van der Waals surface area contributed by atoms with Crippen molar-refractivity contribution in [3.8, 4) is 0 Å². The van der Waals surface area contributed by atoms with Crippen molar-refractivity contribution in [1.29, 1.82) is 0 Å². The molecule has 3 atom stereocenters. The number of ether oxygens (including phenoxy) is 2. The normalized spacial score (nSPS) is 22.7. The van der Waals surface area contributed by atoms with Crippen LogP contribution in [0.2, 0.25) is 18.1 Å². The van der Waals surface area contributed by atoms with E-state index < -0.39 is 14.6 Å². The molecule has 154 valence electrons. The Kier molecular flexibility index (Phi) is 8.28. The van der Waals surface area contributed by atoms with Gasteiger partial charge in [0.1, 0.15) is 0 Å². The van der Waals surface area contributed by atoms with Crippen LogP contribution >= 0.6 is 0 Å². The quantitative estimate of drug-likeness (QED) is 0.127. The van der Waals surface area contributed by atoms with E-state index in [1.807, 2.05) is 42.5 Å². The molecule has 0 aliphatic carbocycles. The summed E-state index contributed by atoms with van der Waals surface area (Å²) >= 11 is 0. The SMILES string of the molecule is CC(C)(C)[Si](C)(C)OCCC[C@H]1O[C@H](OCc2ccccc2)C=C[C@@H]1N=[N+]=[N-]. The van der Waals surface area contributed by atoms with Crippen molar-refractivity contribution in [3.05, 3.63) is 58.5 Å². The Balaban J connectivity index is 1.86. The molecule has 1 aliphatic heterocycles. The van der Waals surface area contributed by atoms with Crippen LogP contribution in [0.5, 0.6) is 0 Å². The fourth-order valence-corrected chi connectivity index (χ4v) is 3.80. The van der Waals surface area contributed by atoms with Crippen LogP contribution < -0.4 is 0 Å². The van der Waals surface area contributed by atoms with Gasteiger partial charge in [0.15, 0.2) is 14.6 Å². The molecule has 0 bridgehead atoms. The molecule has 6 nitrogen and oxygen atoms in total. The lowest BCUT2D eigenvalue weighted by Crippen LogP contribution is -2.41. The molecule has 0 saturated heterocycles. The zero-order valence-electron chi connectivity index (χ0n) is 17.7. The van der Waals surface area contributed by atoms with E-state index in [0.29, 0.717) is 13.2 Å². The van der Waals surface area contributed by atoms with Crippen LogP contribution in [0.4, 0.5) is 0 Å². The Morgan fingerprint density at radius 2 is 1.89 bits per heavy atom. The van der Waals surface area contributed by atoms with E-state index in [-0.39, 0.29) is 17.2 Å².